The van der Waals surface area contributed by atoms with Gasteiger partial charge in [-0.05, 0) is 25.8 Å². The third kappa shape index (κ3) is 3.36. The van der Waals surface area contributed by atoms with Gasteiger partial charge in [-0.3, -0.25) is 4.79 Å². The zero-order chi connectivity index (χ0) is 20.9. The Hall–Kier alpha value is -2.57. The van der Waals surface area contributed by atoms with E-state index in [4.69, 9.17) is 5.73 Å². The van der Waals surface area contributed by atoms with Crippen molar-refractivity contribution in [2.24, 2.45) is 7.05 Å². The molecule has 3 aromatic heterocycles. The van der Waals surface area contributed by atoms with Crippen molar-refractivity contribution in [1.82, 2.24) is 29.4 Å². The number of aromatic nitrogens is 4. The number of hydrogen-bond acceptors (Lipinski definition) is 8. The molecule has 0 aromatic carbocycles. The lowest BCUT2D eigenvalue weighted by molar-refractivity contribution is 0.0796. The number of nitrogens with one attached hydrogen (secondary N) is 1. The highest BCUT2D eigenvalue weighted by Gasteiger charge is 2.33. The number of aryl methyl sites for hydroxylation is 3. The van der Waals surface area contributed by atoms with Gasteiger partial charge in [0.1, 0.15) is 9.71 Å². The van der Waals surface area contributed by atoms with Gasteiger partial charge in [0.15, 0.2) is 5.03 Å². The molecule has 1 saturated heterocycles. The van der Waals surface area contributed by atoms with Gasteiger partial charge in [0.2, 0.25) is 0 Å². The van der Waals surface area contributed by atoms with Gasteiger partial charge in [-0.1, -0.05) is 0 Å². The molecule has 3 aromatic rings. The van der Waals surface area contributed by atoms with Crippen LogP contribution in [0.5, 0.6) is 0 Å². The summed E-state index contributed by atoms with van der Waals surface area (Å²) in [6.07, 6.45) is 3.24. The summed E-state index contributed by atoms with van der Waals surface area (Å²) >= 11 is 1.22. The smallest absolute Gasteiger partial charge is 0.266 e. The van der Waals surface area contributed by atoms with Crippen molar-refractivity contribution < 1.29 is 13.2 Å². The Bertz CT molecular complexity index is 1220. The molecule has 0 bridgehead atoms. The van der Waals surface area contributed by atoms with Gasteiger partial charge in [-0.15, -0.1) is 16.4 Å². The maximum atomic E-state index is 13.0. The van der Waals surface area contributed by atoms with E-state index in [1.807, 2.05) is 13.8 Å². The second-order valence-electron chi connectivity index (χ2n) is 7.14. The molecule has 1 atom stereocenters. The summed E-state index contributed by atoms with van der Waals surface area (Å²) in [5.74, 6) is -0.218. The number of likely N-dealkylation sites (tertiary alicyclic amines) is 1. The van der Waals surface area contributed by atoms with E-state index in [-0.39, 0.29) is 23.5 Å². The number of thiophene rings is 1. The minimum Gasteiger partial charge on any atom is -0.397 e. The molecule has 10 nitrogen and oxygen atoms in total. The summed E-state index contributed by atoms with van der Waals surface area (Å²) in [5.41, 5.74) is 8.35. The van der Waals surface area contributed by atoms with Crippen molar-refractivity contribution in [2.45, 2.75) is 31.3 Å². The fourth-order valence-electron chi connectivity index (χ4n) is 3.47. The first-order valence-electron chi connectivity index (χ1n) is 8.99. The summed E-state index contributed by atoms with van der Waals surface area (Å²) in [6.45, 7) is 4.46. The summed E-state index contributed by atoms with van der Waals surface area (Å²) in [7, 11) is -2.10. The largest absolute Gasteiger partial charge is 0.397 e. The van der Waals surface area contributed by atoms with E-state index in [1.165, 1.54) is 28.4 Å². The van der Waals surface area contributed by atoms with Gasteiger partial charge in [0.25, 0.3) is 15.9 Å². The molecule has 0 spiro atoms. The Kier molecular flexibility index (Phi) is 4.79. The van der Waals surface area contributed by atoms with Crippen molar-refractivity contribution in [3.63, 3.8) is 0 Å². The standard InChI is InChI=1S/C17H21N7O3S2/c1-9-10(2)20-21-16-13(9)14(18)15(28-16)17(25)24-5-4-11(7-24)22-29(26,27)12-6-19-8-23(12)3/h6,8,11,22H,4-5,7,18H2,1-3H3. The number of rotatable bonds is 4. The molecule has 0 radical (unpaired) electrons. The van der Waals surface area contributed by atoms with Crippen LogP contribution < -0.4 is 10.5 Å². The van der Waals surface area contributed by atoms with Crippen LogP contribution in [0.15, 0.2) is 17.6 Å². The van der Waals surface area contributed by atoms with Crippen LogP contribution in [-0.4, -0.2) is 58.1 Å². The predicted molar refractivity (Wildman–Crippen MR) is 109 cm³/mol. The Morgan fingerprint density at radius 2 is 2.10 bits per heavy atom. The van der Waals surface area contributed by atoms with E-state index in [9.17, 15) is 13.2 Å². The van der Waals surface area contributed by atoms with E-state index in [2.05, 4.69) is 19.9 Å². The maximum absolute atomic E-state index is 13.0. The zero-order valence-electron chi connectivity index (χ0n) is 16.2. The lowest BCUT2D eigenvalue weighted by atomic mass is 10.1. The Morgan fingerprint density at radius 1 is 1.34 bits per heavy atom. The summed E-state index contributed by atoms with van der Waals surface area (Å²) < 4.78 is 29.2. The van der Waals surface area contributed by atoms with Crippen LogP contribution in [0.25, 0.3) is 10.2 Å². The number of sulfonamides is 1. The van der Waals surface area contributed by atoms with Crippen molar-refractivity contribution in [3.8, 4) is 0 Å². The van der Waals surface area contributed by atoms with Crippen LogP contribution in [0, 0.1) is 13.8 Å². The molecule has 1 unspecified atom stereocenters. The highest BCUT2D eigenvalue weighted by molar-refractivity contribution is 7.89. The summed E-state index contributed by atoms with van der Waals surface area (Å²) in [6, 6.07) is -0.377. The summed E-state index contributed by atoms with van der Waals surface area (Å²) in [5, 5.41) is 9.09. The number of imidazole rings is 1. The van der Waals surface area contributed by atoms with Crippen molar-refractivity contribution in [3.05, 3.63) is 28.7 Å². The first-order chi connectivity index (χ1) is 13.7. The average Bonchev–Trinajstić information content (AvgIpc) is 3.37. The summed E-state index contributed by atoms with van der Waals surface area (Å²) in [4.78, 5) is 19.5. The molecule has 12 heteroatoms. The van der Waals surface area contributed by atoms with Crippen LogP contribution in [0.1, 0.15) is 27.3 Å². The zero-order valence-corrected chi connectivity index (χ0v) is 17.8. The Morgan fingerprint density at radius 3 is 2.79 bits per heavy atom. The monoisotopic (exact) mass is 435 g/mol. The minimum absolute atomic E-state index is 0.0837. The van der Waals surface area contributed by atoms with Gasteiger partial charge < -0.3 is 15.2 Å². The van der Waals surface area contributed by atoms with Gasteiger partial charge in [-0.2, -0.15) is 5.10 Å². The van der Waals surface area contributed by atoms with Crippen LogP contribution in [-0.2, 0) is 17.1 Å². The second-order valence-corrected chi connectivity index (χ2v) is 9.80. The number of nitrogen functional groups attached to an aromatic ring is 1. The maximum Gasteiger partial charge on any atom is 0.266 e. The predicted octanol–water partition coefficient (Wildman–Crippen LogP) is 0.817. The fraction of sp³-hybridized carbons (Fsp3) is 0.412. The molecule has 0 saturated carbocycles. The third-order valence-electron chi connectivity index (χ3n) is 5.17. The number of carbonyl (C=O) groups excluding carboxylic acids is 1. The molecule has 1 aliphatic rings. The van der Waals surface area contributed by atoms with E-state index in [1.54, 1.807) is 11.9 Å². The lowest BCUT2D eigenvalue weighted by Gasteiger charge is -2.17. The van der Waals surface area contributed by atoms with Crippen molar-refractivity contribution >= 4 is 43.2 Å². The van der Waals surface area contributed by atoms with E-state index < -0.39 is 10.0 Å². The second kappa shape index (κ2) is 7.04. The number of anilines is 1. The molecular formula is C17H21N7O3S2. The van der Waals surface area contributed by atoms with Crippen LogP contribution in [0.3, 0.4) is 0 Å². The Balaban J connectivity index is 1.53. The molecule has 1 aliphatic heterocycles. The topological polar surface area (TPSA) is 136 Å². The number of hydrogen-bond donors (Lipinski definition) is 2. The number of fused-ring (bicyclic) bond motifs is 1. The molecule has 0 aliphatic carbocycles. The molecule has 29 heavy (non-hydrogen) atoms. The Labute approximate surface area is 171 Å². The molecule has 1 fully saturated rings. The molecule has 154 valence electrons. The SMILES string of the molecule is Cc1nnc2sc(C(=O)N3CCC(NS(=O)(=O)c4cncn4C)C3)c(N)c2c1C. The number of carbonyl (C=O) groups is 1. The minimum atomic E-state index is -3.71. The fourth-order valence-corrected chi connectivity index (χ4v) is 5.91. The van der Waals surface area contributed by atoms with Crippen LogP contribution in [0.2, 0.25) is 0 Å². The number of nitrogens with two attached hydrogens (primary N) is 1. The van der Waals surface area contributed by atoms with Gasteiger partial charge in [0.05, 0.1) is 23.9 Å². The van der Waals surface area contributed by atoms with Gasteiger partial charge in [0, 0.05) is 31.6 Å². The van der Waals surface area contributed by atoms with Gasteiger partial charge >= 0.3 is 0 Å². The van der Waals surface area contributed by atoms with Crippen LogP contribution in [0.4, 0.5) is 5.69 Å². The quantitative estimate of drug-likeness (QED) is 0.619. The van der Waals surface area contributed by atoms with E-state index in [0.29, 0.717) is 28.4 Å². The number of nitrogens with zero attached hydrogens (tertiary/aromatic N) is 5. The first kappa shape index (κ1) is 19.7. The van der Waals surface area contributed by atoms with Crippen molar-refractivity contribution in [2.75, 3.05) is 18.8 Å². The highest BCUT2D eigenvalue weighted by atomic mass is 32.2. The molecule has 3 N–H and O–H groups in total. The van der Waals surface area contributed by atoms with E-state index in [0.717, 1.165) is 16.6 Å². The lowest BCUT2D eigenvalue weighted by Crippen LogP contribution is -2.39. The molecule has 1 amide bonds. The third-order valence-corrected chi connectivity index (χ3v) is 7.84. The van der Waals surface area contributed by atoms with E-state index >= 15 is 0 Å². The first-order valence-corrected chi connectivity index (χ1v) is 11.3. The number of amides is 1. The van der Waals surface area contributed by atoms with Crippen LogP contribution >= 0.6 is 11.3 Å². The normalized spacial score (nSPS) is 17.3. The molecule has 4 heterocycles. The highest BCUT2D eigenvalue weighted by Crippen LogP contribution is 2.36. The average molecular weight is 436 g/mol. The molecule has 4 rings (SSSR count). The van der Waals surface area contributed by atoms with Crippen molar-refractivity contribution in [1.29, 1.82) is 0 Å². The van der Waals surface area contributed by atoms with Gasteiger partial charge in [-0.25, -0.2) is 18.1 Å². The molecular weight excluding hydrogens is 414 g/mol.